The minimum absolute atomic E-state index is 0.528. The first-order valence-electron chi connectivity index (χ1n) is 6.94. The zero-order valence-corrected chi connectivity index (χ0v) is 14.4. The minimum atomic E-state index is 0.528. The summed E-state index contributed by atoms with van der Waals surface area (Å²) in [5.41, 5.74) is 4.07. The molecule has 0 saturated heterocycles. The maximum absolute atomic E-state index is 6.27. The van der Waals surface area contributed by atoms with E-state index < -0.39 is 0 Å². The highest BCUT2D eigenvalue weighted by molar-refractivity contribution is 7.80. The number of hydrogen-bond acceptors (Lipinski definition) is 2. The van der Waals surface area contributed by atoms with Crippen LogP contribution in [0.15, 0.2) is 36.4 Å². The number of halogens is 1. The van der Waals surface area contributed by atoms with Crippen molar-refractivity contribution in [1.29, 1.82) is 0 Å². The smallest absolute Gasteiger partial charge is 0.171 e. The molecule has 0 aliphatic heterocycles. The van der Waals surface area contributed by atoms with Crippen molar-refractivity contribution in [2.75, 3.05) is 12.4 Å². The summed E-state index contributed by atoms with van der Waals surface area (Å²) in [7, 11) is 1.66. The summed E-state index contributed by atoms with van der Waals surface area (Å²) in [6, 6.07) is 11.8. The normalized spacial score (nSPS) is 10.2. The Hall–Kier alpha value is -1.78. The van der Waals surface area contributed by atoms with Crippen LogP contribution in [-0.2, 0) is 6.54 Å². The molecule has 0 unspecified atom stereocenters. The molecule has 0 radical (unpaired) electrons. The molecule has 2 aromatic rings. The topological polar surface area (TPSA) is 33.3 Å². The van der Waals surface area contributed by atoms with Crippen LogP contribution in [0.25, 0.3) is 0 Å². The summed E-state index contributed by atoms with van der Waals surface area (Å²) in [6.45, 7) is 4.60. The van der Waals surface area contributed by atoms with Crippen molar-refractivity contribution in [2.24, 2.45) is 0 Å². The fourth-order valence-electron chi connectivity index (χ4n) is 2.26. The van der Waals surface area contributed by atoms with Gasteiger partial charge < -0.3 is 15.4 Å². The number of anilines is 1. The lowest BCUT2D eigenvalue weighted by molar-refractivity contribution is 0.409. The van der Waals surface area contributed by atoms with Gasteiger partial charge in [-0.15, -0.1) is 0 Å². The molecular formula is C17H19ClN2OS. The molecule has 0 atom stereocenters. The summed E-state index contributed by atoms with van der Waals surface area (Å²) < 4.78 is 5.32. The Morgan fingerprint density at radius 2 is 1.95 bits per heavy atom. The fourth-order valence-corrected chi connectivity index (χ4v) is 2.80. The van der Waals surface area contributed by atoms with Crippen molar-refractivity contribution in [3.05, 3.63) is 58.1 Å². The van der Waals surface area contributed by atoms with E-state index in [2.05, 4.69) is 16.7 Å². The van der Waals surface area contributed by atoms with Gasteiger partial charge in [0.25, 0.3) is 0 Å². The molecule has 0 heterocycles. The van der Waals surface area contributed by atoms with Crippen LogP contribution in [0.2, 0.25) is 5.02 Å². The Bertz CT molecular complexity index is 665. The highest BCUT2D eigenvalue weighted by Gasteiger charge is 2.08. The number of benzene rings is 2. The fraction of sp³-hybridized carbons (Fsp3) is 0.235. The highest BCUT2D eigenvalue weighted by atomic mass is 35.5. The van der Waals surface area contributed by atoms with E-state index in [1.807, 2.05) is 44.2 Å². The van der Waals surface area contributed by atoms with E-state index in [1.54, 1.807) is 7.11 Å². The third-order valence-corrected chi connectivity index (χ3v) is 3.85. The number of para-hydroxylation sites is 1. The second-order valence-corrected chi connectivity index (χ2v) is 5.87. The van der Waals surface area contributed by atoms with Crippen LogP contribution >= 0.6 is 23.8 Å². The molecule has 0 bridgehead atoms. The first-order valence-corrected chi connectivity index (χ1v) is 7.73. The van der Waals surface area contributed by atoms with E-state index >= 15 is 0 Å². The van der Waals surface area contributed by atoms with E-state index in [9.17, 15) is 0 Å². The molecule has 0 fully saturated rings. The standard InChI is InChI=1S/C17H19ClN2OS/c1-11-8-12(2)16(14(18)9-11)20-17(22)19-10-13-6-4-5-7-15(13)21-3/h4-9H,10H2,1-3H3,(H2,19,20,22). The van der Waals surface area contributed by atoms with Gasteiger partial charge in [0.1, 0.15) is 5.75 Å². The van der Waals surface area contributed by atoms with Gasteiger partial charge in [-0.2, -0.15) is 0 Å². The number of aryl methyl sites for hydroxylation is 2. The molecule has 2 rings (SSSR count). The van der Waals surface area contributed by atoms with E-state index in [-0.39, 0.29) is 0 Å². The van der Waals surface area contributed by atoms with E-state index in [0.717, 1.165) is 28.1 Å². The summed E-state index contributed by atoms with van der Waals surface area (Å²) in [4.78, 5) is 0. The van der Waals surface area contributed by atoms with Crippen LogP contribution in [0.5, 0.6) is 5.75 Å². The van der Waals surface area contributed by atoms with Crippen molar-refractivity contribution < 1.29 is 4.74 Å². The molecule has 0 aliphatic carbocycles. The molecule has 5 heteroatoms. The van der Waals surface area contributed by atoms with Crippen LogP contribution in [0, 0.1) is 13.8 Å². The molecule has 0 saturated carbocycles. The van der Waals surface area contributed by atoms with Crippen LogP contribution in [-0.4, -0.2) is 12.2 Å². The molecule has 3 nitrogen and oxygen atoms in total. The lowest BCUT2D eigenvalue weighted by Crippen LogP contribution is -2.28. The molecule has 22 heavy (non-hydrogen) atoms. The van der Waals surface area contributed by atoms with Crippen molar-refractivity contribution in [1.82, 2.24) is 5.32 Å². The molecule has 2 N–H and O–H groups in total. The lowest BCUT2D eigenvalue weighted by atomic mass is 10.1. The van der Waals surface area contributed by atoms with Crippen molar-refractivity contribution in [3.63, 3.8) is 0 Å². The summed E-state index contributed by atoms with van der Waals surface area (Å²) >= 11 is 11.6. The van der Waals surface area contributed by atoms with Gasteiger partial charge in [0.05, 0.1) is 17.8 Å². The van der Waals surface area contributed by atoms with E-state index in [0.29, 0.717) is 16.7 Å². The minimum Gasteiger partial charge on any atom is -0.496 e. The predicted octanol–water partition coefficient (Wildman–Crippen LogP) is 4.45. The molecule has 0 amide bonds. The lowest BCUT2D eigenvalue weighted by Gasteiger charge is -2.15. The molecule has 2 aromatic carbocycles. The van der Waals surface area contributed by atoms with Gasteiger partial charge in [0, 0.05) is 12.1 Å². The van der Waals surface area contributed by atoms with Crippen LogP contribution in [0.1, 0.15) is 16.7 Å². The average Bonchev–Trinajstić information content (AvgIpc) is 2.49. The first kappa shape index (κ1) is 16.6. The second kappa shape index (κ2) is 7.47. The Labute approximate surface area is 141 Å². The monoisotopic (exact) mass is 334 g/mol. The van der Waals surface area contributed by atoms with E-state index in [4.69, 9.17) is 28.6 Å². The van der Waals surface area contributed by atoms with Crippen molar-refractivity contribution in [2.45, 2.75) is 20.4 Å². The van der Waals surface area contributed by atoms with Crippen LogP contribution in [0.4, 0.5) is 5.69 Å². The maximum atomic E-state index is 6.27. The number of hydrogen-bond donors (Lipinski definition) is 2. The third-order valence-electron chi connectivity index (χ3n) is 3.30. The van der Waals surface area contributed by atoms with Gasteiger partial charge in [0.2, 0.25) is 0 Å². The second-order valence-electron chi connectivity index (χ2n) is 5.06. The summed E-state index contributed by atoms with van der Waals surface area (Å²) in [6.07, 6.45) is 0. The van der Waals surface area contributed by atoms with E-state index in [1.165, 1.54) is 0 Å². The number of nitrogens with one attached hydrogen (secondary N) is 2. The Balaban J connectivity index is 2.02. The summed E-state index contributed by atoms with van der Waals surface area (Å²) in [5, 5.41) is 7.53. The van der Waals surface area contributed by atoms with Gasteiger partial charge >= 0.3 is 0 Å². The molecule has 0 spiro atoms. The van der Waals surface area contributed by atoms with Crippen molar-refractivity contribution >= 4 is 34.6 Å². The molecular weight excluding hydrogens is 316 g/mol. The zero-order valence-electron chi connectivity index (χ0n) is 12.9. The Kier molecular flexibility index (Phi) is 5.63. The highest BCUT2D eigenvalue weighted by Crippen LogP contribution is 2.27. The van der Waals surface area contributed by atoms with Gasteiger partial charge in [-0.3, -0.25) is 0 Å². The van der Waals surface area contributed by atoms with Gasteiger partial charge in [-0.25, -0.2) is 0 Å². The number of methoxy groups -OCH3 is 1. The summed E-state index contributed by atoms with van der Waals surface area (Å²) in [5.74, 6) is 0.836. The average molecular weight is 335 g/mol. The van der Waals surface area contributed by atoms with Crippen LogP contribution < -0.4 is 15.4 Å². The Morgan fingerprint density at radius 1 is 1.23 bits per heavy atom. The zero-order chi connectivity index (χ0) is 16.1. The maximum Gasteiger partial charge on any atom is 0.171 e. The number of thiocarbonyl (C=S) groups is 1. The number of ether oxygens (including phenoxy) is 1. The van der Waals surface area contributed by atoms with Gasteiger partial charge in [0.15, 0.2) is 5.11 Å². The first-order chi connectivity index (χ1) is 10.5. The van der Waals surface area contributed by atoms with Crippen molar-refractivity contribution in [3.8, 4) is 5.75 Å². The molecule has 0 aliphatic rings. The largest absolute Gasteiger partial charge is 0.496 e. The van der Waals surface area contributed by atoms with Gasteiger partial charge in [-0.05, 0) is 49.3 Å². The molecule has 116 valence electrons. The predicted molar refractivity (Wildman–Crippen MR) is 97.0 cm³/mol. The third kappa shape index (κ3) is 4.12. The number of rotatable bonds is 4. The van der Waals surface area contributed by atoms with Crippen LogP contribution in [0.3, 0.4) is 0 Å². The SMILES string of the molecule is COc1ccccc1CNC(=S)Nc1c(C)cc(C)cc1Cl. The quantitative estimate of drug-likeness (QED) is 0.809. The van der Waals surface area contributed by atoms with Gasteiger partial charge in [-0.1, -0.05) is 35.9 Å². The molecule has 0 aromatic heterocycles. The Morgan fingerprint density at radius 3 is 2.64 bits per heavy atom.